The average Bonchev–Trinajstić information content (AvgIpc) is 2.05. The van der Waals surface area contributed by atoms with Gasteiger partial charge in [0.1, 0.15) is 11.5 Å². The Morgan fingerprint density at radius 2 is 2.27 bits per heavy atom. The highest BCUT2D eigenvalue weighted by atomic mass is 16.5. The summed E-state index contributed by atoms with van der Waals surface area (Å²) in [7, 11) is 1.51. The fraction of sp³-hybridized carbons (Fsp3) is 0.125. The number of methoxy groups -OCH3 is 1. The van der Waals surface area contributed by atoms with Gasteiger partial charge in [0.2, 0.25) is 5.69 Å². The molecule has 1 rings (SSSR count). The maximum atomic E-state index is 9.06. The van der Waals surface area contributed by atoms with E-state index in [1.54, 1.807) is 6.07 Å². The van der Waals surface area contributed by atoms with Crippen LogP contribution in [0.15, 0.2) is 18.2 Å². The third kappa shape index (κ3) is 1.41. The highest BCUT2D eigenvalue weighted by molar-refractivity contribution is 5.59. The van der Waals surface area contributed by atoms with E-state index in [-0.39, 0.29) is 11.4 Å². The van der Waals surface area contributed by atoms with Crippen molar-refractivity contribution in [1.82, 2.24) is 0 Å². The molecule has 0 fully saturated rings. The summed E-state index contributed by atoms with van der Waals surface area (Å²) in [5.41, 5.74) is 0.212. The van der Waals surface area contributed by atoms with Gasteiger partial charge in [-0.1, -0.05) is 0 Å². The van der Waals surface area contributed by atoms with Gasteiger partial charge >= 0.3 is 0 Å². The summed E-state index contributed by atoms with van der Waals surface area (Å²) in [5.74, 6) is 0.564. The topological polar surface area (TPSA) is 33.8 Å². The molecule has 0 spiro atoms. The molecule has 0 aliphatic carbocycles. The van der Waals surface area contributed by atoms with Crippen molar-refractivity contribution in [3.63, 3.8) is 0 Å². The number of phenols is 1. The van der Waals surface area contributed by atoms with Crippen LogP contribution in [0.25, 0.3) is 4.85 Å². The molecule has 0 amide bonds. The second-order valence-electron chi connectivity index (χ2n) is 1.97. The standard InChI is InChI=1S/C8H7NO2/c1-9-7-5-6(11-2)3-4-8(7)10/h3-5,10H,2H3. The van der Waals surface area contributed by atoms with E-state index in [4.69, 9.17) is 16.4 Å². The molecule has 11 heavy (non-hydrogen) atoms. The number of phenolic OH excluding ortho intramolecular Hbond substituents is 1. The van der Waals surface area contributed by atoms with Crippen molar-refractivity contribution in [2.45, 2.75) is 0 Å². The quantitative estimate of drug-likeness (QED) is 0.619. The van der Waals surface area contributed by atoms with Crippen molar-refractivity contribution in [3.05, 3.63) is 29.6 Å². The Kier molecular flexibility index (Phi) is 1.98. The smallest absolute Gasteiger partial charge is 0.231 e. The van der Waals surface area contributed by atoms with Crippen LogP contribution in [0.2, 0.25) is 0 Å². The number of aromatic hydroxyl groups is 1. The SMILES string of the molecule is [C-]#[N+]c1cc(OC)ccc1O. The first-order valence-corrected chi connectivity index (χ1v) is 3.02. The lowest BCUT2D eigenvalue weighted by Gasteiger charge is -2.00. The first-order valence-electron chi connectivity index (χ1n) is 3.02. The molecule has 0 unspecified atom stereocenters. The zero-order valence-electron chi connectivity index (χ0n) is 6.03. The van der Waals surface area contributed by atoms with Gasteiger partial charge in [-0.3, -0.25) is 0 Å². The number of hydrogen-bond acceptors (Lipinski definition) is 2. The van der Waals surface area contributed by atoms with E-state index in [1.807, 2.05) is 0 Å². The van der Waals surface area contributed by atoms with Crippen LogP contribution >= 0.6 is 0 Å². The first-order chi connectivity index (χ1) is 5.27. The largest absolute Gasteiger partial charge is 0.519 e. The number of nitrogens with zero attached hydrogens (tertiary/aromatic N) is 1. The Labute approximate surface area is 64.7 Å². The Balaban J connectivity index is 3.15. The van der Waals surface area contributed by atoms with Crippen molar-refractivity contribution in [2.75, 3.05) is 7.11 Å². The average molecular weight is 149 g/mol. The highest BCUT2D eigenvalue weighted by Gasteiger charge is 2.00. The number of hydrogen-bond donors (Lipinski definition) is 1. The third-order valence-electron chi connectivity index (χ3n) is 1.30. The molecule has 56 valence electrons. The van der Waals surface area contributed by atoms with Crippen LogP contribution in [0.5, 0.6) is 11.5 Å². The van der Waals surface area contributed by atoms with E-state index in [0.29, 0.717) is 5.75 Å². The van der Waals surface area contributed by atoms with E-state index in [0.717, 1.165) is 0 Å². The summed E-state index contributed by atoms with van der Waals surface area (Å²) >= 11 is 0. The van der Waals surface area contributed by atoms with Gasteiger partial charge in [0.25, 0.3) is 0 Å². The van der Waals surface area contributed by atoms with Crippen LogP contribution in [-0.2, 0) is 0 Å². The lowest BCUT2D eigenvalue weighted by atomic mass is 10.3. The molecule has 3 heteroatoms. The minimum atomic E-state index is -0.0131. The Morgan fingerprint density at radius 3 is 2.82 bits per heavy atom. The molecule has 0 saturated carbocycles. The number of ether oxygens (including phenoxy) is 1. The lowest BCUT2D eigenvalue weighted by Crippen LogP contribution is -1.80. The fourth-order valence-electron chi connectivity index (χ4n) is 0.720. The van der Waals surface area contributed by atoms with E-state index >= 15 is 0 Å². The zero-order chi connectivity index (χ0) is 8.27. The second-order valence-corrected chi connectivity index (χ2v) is 1.97. The van der Waals surface area contributed by atoms with Gasteiger partial charge in [0.15, 0.2) is 0 Å². The highest BCUT2D eigenvalue weighted by Crippen LogP contribution is 2.29. The molecule has 0 saturated heterocycles. The van der Waals surface area contributed by atoms with E-state index < -0.39 is 0 Å². The first kappa shape index (κ1) is 7.42. The van der Waals surface area contributed by atoms with Crippen LogP contribution in [0, 0.1) is 6.57 Å². The number of benzene rings is 1. The van der Waals surface area contributed by atoms with E-state index in [2.05, 4.69) is 4.85 Å². The molecule has 1 aromatic rings. The second kappa shape index (κ2) is 2.93. The molecule has 0 atom stereocenters. The molecule has 0 aliphatic rings. The molecule has 1 aromatic carbocycles. The molecule has 0 radical (unpaired) electrons. The summed E-state index contributed by atoms with van der Waals surface area (Å²) in [4.78, 5) is 3.10. The van der Waals surface area contributed by atoms with Gasteiger partial charge in [-0.25, -0.2) is 4.85 Å². The number of rotatable bonds is 1. The molecule has 0 heterocycles. The molecule has 0 aromatic heterocycles. The summed E-state index contributed by atoms with van der Waals surface area (Å²) in [6, 6.07) is 4.53. The third-order valence-corrected chi connectivity index (χ3v) is 1.30. The van der Waals surface area contributed by atoms with Crippen LogP contribution in [0.1, 0.15) is 0 Å². The molecule has 3 nitrogen and oxygen atoms in total. The fourth-order valence-corrected chi connectivity index (χ4v) is 0.720. The van der Waals surface area contributed by atoms with Gasteiger partial charge in [-0.05, 0) is 18.2 Å². The molecule has 1 N–H and O–H groups in total. The maximum absolute atomic E-state index is 9.06. The van der Waals surface area contributed by atoms with Crippen LogP contribution < -0.4 is 4.74 Å². The van der Waals surface area contributed by atoms with Crippen molar-refractivity contribution < 1.29 is 9.84 Å². The Morgan fingerprint density at radius 1 is 1.55 bits per heavy atom. The maximum Gasteiger partial charge on any atom is 0.231 e. The summed E-state index contributed by atoms with van der Waals surface area (Å²) < 4.78 is 4.86. The summed E-state index contributed by atoms with van der Waals surface area (Å²) in [5, 5.41) is 9.06. The van der Waals surface area contributed by atoms with Gasteiger partial charge in [-0.2, -0.15) is 0 Å². The van der Waals surface area contributed by atoms with Gasteiger partial charge in [0.05, 0.1) is 13.7 Å². The predicted molar refractivity (Wildman–Crippen MR) is 40.9 cm³/mol. The van der Waals surface area contributed by atoms with Gasteiger partial charge < -0.3 is 9.84 Å². The normalized spacial score (nSPS) is 8.73. The zero-order valence-corrected chi connectivity index (χ0v) is 6.03. The minimum absolute atomic E-state index is 0.0131. The van der Waals surface area contributed by atoms with Gasteiger partial charge in [-0.15, -0.1) is 0 Å². The molecular weight excluding hydrogens is 142 g/mol. The predicted octanol–water partition coefficient (Wildman–Crippen LogP) is 1.95. The van der Waals surface area contributed by atoms with Crippen LogP contribution in [-0.4, -0.2) is 12.2 Å². The Hall–Kier alpha value is -1.69. The van der Waals surface area contributed by atoms with Crippen molar-refractivity contribution in [3.8, 4) is 11.5 Å². The Bertz CT molecular complexity index is 301. The van der Waals surface area contributed by atoms with Crippen LogP contribution in [0.3, 0.4) is 0 Å². The van der Waals surface area contributed by atoms with Crippen molar-refractivity contribution in [2.24, 2.45) is 0 Å². The van der Waals surface area contributed by atoms with Crippen LogP contribution in [0.4, 0.5) is 5.69 Å². The molecular formula is C8H7NO2. The molecule has 0 aliphatic heterocycles. The van der Waals surface area contributed by atoms with E-state index in [9.17, 15) is 0 Å². The summed E-state index contributed by atoms with van der Waals surface area (Å²) in [6.07, 6.45) is 0. The molecule has 0 bridgehead atoms. The lowest BCUT2D eigenvalue weighted by molar-refractivity contribution is 0.413. The summed E-state index contributed by atoms with van der Waals surface area (Å²) in [6.45, 7) is 6.67. The monoisotopic (exact) mass is 149 g/mol. The minimum Gasteiger partial charge on any atom is -0.519 e. The van der Waals surface area contributed by atoms with Crippen molar-refractivity contribution in [1.29, 1.82) is 0 Å². The van der Waals surface area contributed by atoms with Gasteiger partial charge in [0, 0.05) is 0 Å². The van der Waals surface area contributed by atoms with Crippen molar-refractivity contribution >= 4 is 5.69 Å². The van der Waals surface area contributed by atoms with E-state index in [1.165, 1.54) is 19.2 Å².